The summed E-state index contributed by atoms with van der Waals surface area (Å²) >= 11 is 0. The summed E-state index contributed by atoms with van der Waals surface area (Å²) < 4.78 is 49.8. The van der Waals surface area contributed by atoms with Crippen molar-refractivity contribution in [3.63, 3.8) is 0 Å². The summed E-state index contributed by atoms with van der Waals surface area (Å²) in [6.07, 6.45) is 2.76. The van der Waals surface area contributed by atoms with Crippen molar-refractivity contribution in [2.24, 2.45) is 0 Å². The lowest BCUT2D eigenvalue weighted by Crippen LogP contribution is -2.27. The van der Waals surface area contributed by atoms with Crippen LogP contribution < -0.4 is 5.32 Å². The van der Waals surface area contributed by atoms with Crippen molar-refractivity contribution in [3.05, 3.63) is 66.2 Å². The molecule has 1 saturated heterocycles. The molecule has 1 aliphatic rings. The van der Waals surface area contributed by atoms with Gasteiger partial charge in [-0.3, -0.25) is 4.79 Å². The van der Waals surface area contributed by atoms with E-state index in [1.807, 2.05) is 0 Å². The number of anilines is 1. The standard InChI is InChI=1S/C22H22N4O5S2/c1-32(28,29)21-12-11-20(24-25-21)17-5-4-6-18(15-17)23-22(27)16-7-9-19(10-8-16)33(30,31)26-13-2-3-14-26/h4-12,15H,2-3,13-14H2,1H3,(H,23,27). The number of aromatic nitrogens is 2. The molecule has 172 valence electrons. The van der Waals surface area contributed by atoms with Gasteiger partial charge in [0.2, 0.25) is 10.0 Å². The third-order valence-corrected chi connectivity index (χ3v) is 8.15. The Balaban J connectivity index is 1.49. The number of nitrogens with zero attached hydrogens (tertiary/aromatic N) is 3. The summed E-state index contributed by atoms with van der Waals surface area (Å²) in [7, 11) is -6.98. The highest BCUT2D eigenvalue weighted by atomic mass is 32.2. The third kappa shape index (κ3) is 5.10. The summed E-state index contributed by atoms with van der Waals surface area (Å²) in [4.78, 5) is 12.8. The molecule has 0 bridgehead atoms. The Morgan fingerprint density at radius 1 is 0.909 bits per heavy atom. The van der Waals surface area contributed by atoms with Crippen molar-refractivity contribution in [2.75, 3.05) is 24.7 Å². The van der Waals surface area contributed by atoms with Crippen LogP contribution in [0.25, 0.3) is 11.3 Å². The van der Waals surface area contributed by atoms with E-state index in [-0.39, 0.29) is 9.92 Å². The molecule has 1 N–H and O–H groups in total. The van der Waals surface area contributed by atoms with Gasteiger partial charge in [-0.05, 0) is 61.4 Å². The number of hydrogen-bond donors (Lipinski definition) is 1. The number of sulfone groups is 1. The summed E-state index contributed by atoms with van der Waals surface area (Å²) in [5.74, 6) is -0.393. The highest BCUT2D eigenvalue weighted by Gasteiger charge is 2.27. The van der Waals surface area contributed by atoms with E-state index in [0.717, 1.165) is 19.1 Å². The number of sulfonamides is 1. The summed E-state index contributed by atoms with van der Waals surface area (Å²) in [5.41, 5.74) is 1.92. The average molecular weight is 487 g/mol. The number of amides is 1. The Labute approximate surface area is 192 Å². The molecule has 0 radical (unpaired) electrons. The molecule has 0 saturated carbocycles. The molecule has 3 aromatic rings. The van der Waals surface area contributed by atoms with Crippen LogP contribution in [0.3, 0.4) is 0 Å². The zero-order chi connectivity index (χ0) is 23.6. The molecule has 0 aliphatic carbocycles. The number of carbonyl (C=O) groups excluding carboxylic acids is 1. The monoisotopic (exact) mass is 486 g/mol. The maximum Gasteiger partial charge on any atom is 0.255 e. The molecule has 1 aliphatic heterocycles. The second kappa shape index (κ2) is 9.00. The number of carbonyl (C=O) groups is 1. The fourth-order valence-electron chi connectivity index (χ4n) is 3.49. The van der Waals surface area contributed by atoms with Crippen molar-refractivity contribution < 1.29 is 21.6 Å². The molecule has 4 rings (SSSR count). The third-order valence-electron chi connectivity index (χ3n) is 5.26. The molecule has 2 aromatic carbocycles. The molecule has 0 atom stereocenters. The Morgan fingerprint density at radius 3 is 2.21 bits per heavy atom. The SMILES string of the molecule is CS(=O)(=O)c1ccc(-c2cccc(NC(=O)c3ccc(S(=O)(=O)N4CCCC4)cc3)c2)nn1. The van der Waals surface area contributed by atoms with E-state index in [0.29, 0.717) is 35.6 Å². The molecule has 1 amide bonds. The van der Waals surface area contributed by atoms with Gasteiger partial charge in [0.05, 0.1) is 10.6 Å². The highest BCUT2D eigenvalue weighted by Crippen LogP contribution is 2.23. The molecule has 2 heterocycles. The molecule has 11 heteroatoms. The molecule has 1 fully saturated rings. The van der Waals surface area contributed by atoms with Crippen molar-refractivity contribution in [1.29, 1.82) is 0 Å². The van der Waals surface area contributed by atoms with Gasteiger partial charge in [0.15, 0.2) is 14.9 Å². The highest BCUT2D eigenvalue weighted by molar-refractivity contribution is 7.90. The van der Waals surface area contributed by atoms with Gasteiger partial charge in [0.1, 0.15) is 0 Å². The summed E-state index contributed by atoms with van der Waals surface area (Å²) in [6, 6.07) is 15.6. The summed E-state index contributed by atoms with van der Waals surface area (Å²) in [5, 5.41) is 10.4. The van der Waals surface area contributed by atoms with E-state index in [1.54, 1.807) is 30.3 Å². The van der Waals surface area contributed by atoms with Gasteiger partial charge in [-0.2, -0.15) is 4.31 Å². The van der Waals surface area contributed by atoms with E-state index < -0.39 is 25.8 Å². The van der Waals surface area contributed by atoms with Gasteiger partial charge >= 0.3 is 0 Å². The van der Waals surface area contributed by atoms with Gasteiger partial charge in [0, 0.05) is 36.2 Å². The lowest BCUT2D eigenvalue weighted by Gasteiger charge is -2.15. The average Bonchev–Trinajstić information content (AvgIpc) is 3.35. The van der Waals surface area contributed by atoms with Crippen LogP contribution in [0.5, 0.6) is 0 Å². The van der Waals surface area contributed by atoms with E-state index in [2.05, 4.69) is 15.5 Å². The first-order valence-corrected chi connectivity index (χ1v) is 13.5. The molecule has 0 unspecified atom stereocenters. The first-order chi connectivity index (χ1) is 15.6. The smallest absolute Gasteiger partial charge is 0.255 e. The van der Waals surface area contributed by atoms with Crippen LogP contribution in [0.15, 0.2) is 70.6 Å². The maximum atomic E-state index is 12.7. The minimum Gasteiger partial charge on any atom is -0.322 e. The van der Waals surface area contributed by atoms with Crippen LogP contribution in [-0.2, 0) is 19.9 Å². The second-order valence-electron chi connectivity index (χ2n) is 7.70. The zero-order valence-electron chi connectivity index (χ0n) is 17.8. The fourth-order valence-corrected chi connectivity index (χ4v) is 5.51. The maximum absolute atomic E-state index is 12.7. The van der Waals surface area contributed by atoms with Gasteiger partial charge in [-0.15, -0.1) is 10.2 Å². The Bertz CT molecular complexity index is 1380. The van der Waals surface area contributed by atoms with Crippen molar-refractivity contribution in [2.45, 2.75) is 22.8 Å². The van der Waals surface area contributed by atoms with Crippen LogP contribution in [0.1, 0.15) is 23.2 Å². The minimum atomic E-state index is -3.54. The molecule has 9 nitrogen and oxygen atoms in total. The van der Waals surface area contributed by atoms with E-state index >= 15 is 0 Å². The Hall–Kier alpha value is -3.15. The molecule has 1 aromatic heterocycles. The van der Waals surface area contributed by atoms with Crippen LogP contribution in [-0.4, -0.2) is 56.6 Å². The normalized spacial score (nSPS) is 14.8. The van der Waals surface area contributed by atoms with Crippen LogP contribution in [0.2, 0.25) is 0 Å². The zero-order valence-corrected chi connectivity index (χ0v) is 19.4. The second-order valence-corrected chi connectivity index (χ2v) is 11.6. The fraction of sp³-hybridized carbons (Fsp3) is 0.227. The van der Waals surface area contributed by atoms with Gasteiger partial charge < -0.3 is 5.32 Å². The number of benzene rings is 2. The topological polar surface area (TPSA) is 126 Å². The molecular formula is C22H22N4O5S2. The van der Waals surface area contributed by atoms with Gasteiger partial charge in [0.25, 0.3) is 5.91 Å². The van der Waals surface area contributed by atoms with Crippen molar-refractivity contribution >= 4 is 31.5 Å². The number of hydrogen-bond acceptors (Lipinski definition) is 7. The first-order valence-electron chi connectivity index (χ1n) is 10.2. The quantitative estimate of drug-likeness (QED) is 0.567. The van der Waals surface area contributed by atoms with Crippen molar-refractivity contribution in [1.82, 2.24) is 14.5 Å². The van der Waals surface area contributed by atoms with Crippen molar-refractivity contribution in [3.8, 4) is 11.3 Å². The minimum absolute atomic E-state index is 0.120. The van der Waals surface area contributed by atoms with Crippen LogP contribution in [0.4, 0.5) is 5.69 Å². The number of rotatable bonds is 6. The Kier molecular flexibility index (Phi) is 6.28. The Morgan fingerprint density at radius 2 is 1.61 bits per heavy atom. The van der Waals surface area contributed by atoms with Crippen LogP contribution in [0, 0.1) is 0 Å². The van der Waals surface area contributed by atoms with E-state index in [1.165, 1.54) is 34.6 Å². The molecule has 33 heavy (non-hydrogen) atoms. The molecule has 0 spiro atoms. The molecular weight excluding hydrogens is 464 g/mol. The van der Waals surface area contributed by atoms with E-state index in [9.17, 15) is 21.6 Å². The van der Waals surface area contributed by atoms with Crippen LogP contribution >= 0.6 is 0 Å². The number of nitrogens with one attached hydrogen (secondary N) is 1. The predicted octanol–water partition coefficient (Wildman–Crippen LogP) is 2.58. The summed E-state index contributed by atoms with van der Waals surface area (Å²) in [6.45, 7) is 1.03. The predicted molar refractivity (Wildman–Crippen MR) is 123 cm³/mol. The first kappa shape index (κ1) is 23.0. The van der Waals surface area contributed by atoms with E-state index in [4.69, 9.17) is 0 Å². The lowest BCUT2D eigenvalue weighted by atomic mass is 10.1. The largest absolute Gasteiger partial charge is 0.322 e. The lowest BCUT2D eigenvalue weighted by molar-refractivity contribution is 0.102. The van der Waals surface area contributed by atoms with Gasteiger partial charge in [-0.1, -0.05) is 12.1 Å². The van der Waals surface area contributed by atoms with Gasteiger partial charge in [-0.25, -0.2) is 16.8 Å².